The standard InChI is InChI=1S/C20H18N2O2/c1-14-11-17(15(2)22(14)19-9-4-3-5-10-19)13-21-18-8-6-7-16(12-18)20(23)24/h3-13H,1-2H3,(H,23,24). The van der Waals surface area contributed by atoms with Crippen LogP contribution in [0.5, 0.6) is 0 Å². The molecule has 0 aliphatic carbocycles. The second-order valence-corrected chi connectivity index (χ2v) is 5.61. The van der Waals surface area contributed by atoms with E-state index in [4.69, 9.17) is 5.11 Å². The van der Waals surface area contributed by atoms with Crippen LogP contribution in [0.15, 0.2) is 65.7 Å². The molecular formula is C20H18N2O2. The summed E-state index contributed by atoms with van der Waals surface area (Å²) in [5.41, 5.74) is 5.20. The van der Waals surface area contributed by atoms with E-state index in [0.29, 0.717) is 5.69 Å². The molecule has 0 saturated heterocycles. The van der Waals surface area contributed by atoms with Crippen molar-refractivity contribution in [2.45, 2.75) is 13.8 Å². The molecule has 1 aromatic heterocycles. The van der Waals surface area contributed by atoms with E-state index in [-0.39, 0.29) is 5.56 Å². The van der Waals surface area contributed by atoms with Crippen molar-refractivity contribution < 1.29 is 9.90 Å². The second-order valence-electron chi connectivity index (χ2n) is 5.61. The van der Waals surface area contributed by atoms with Crippen LogP contribution in [0.1, 0.15) is 27.3 Å². The van der Waals surface area contributed by atoms with Gasteiger partial charge in [0.1, 0.15) is 0 Å². The highest BCUT2D eigenvalue weighted by molar-refractivity contribution is 5.89. The van der Waals surface area contributed by atoms with E-state index in [1.54, 1.807) is 30.5 Å². The monoisotopic (exact) mass is 318 g/mol. The molecule has 0 spiro atoms. The van der Waals surface area contributed by atoms with Crippen LogP contribution in [0.4, 0.5) is 5.69 Å². The maximum Gasteiger partial charge on any atom is 0.335 e. The van der Waals surface area contributed by atoms with Gasteiger partial charge in [-0.25, -0.2) is 4.79 Å². The van der Waals surface area contributed by atoms with E-state index in [1.165, 1.54) is 0 Å². The number of aromatic nitrogens is 1. The van der Waals surface area contributed by atoms with Gasteiger partial charge >= 0.3 is 5.97 Å². The zero-order valence-electron chi connectivity index (χ0n) is 13.6. The molecule has 0 aliphatic rings. The number of aromatic carboxylic acids is 1. The van der Waals surface area contributed by atoms with Crippen LogP contribution in [0.3, 0.4) is 0 Å². The van der Waals surface area contributed by atoms with E-state index in [9.17, 15) is 4.79 Å². The van der Waals surface area contributed by atoms with Crippen LogP contribution >= 0.6 is 0 Å². The number of hydrogen-bond acceptors (Lipinski definition) is 2. The van der Waals surface area contributed by atoms with Crippen molar-refractivity contribution in [3.8, 4) is 5.69 Å². The lowest BCUT2D eigenvalue weighted by molar-refractivity contribution is 0.0697. The average molecular weight is 318 g/mol. The molecule has 120 valence electrons. The van der Waals surface area contributed by atoms with Gasteiger partial charge in [0.2, 0.25) is 0 Å². The Morgan fingerprint density at radius 3 is 2.50 bits per heavy atom. The van der Waals surface area contributed by atoms with E-state index < -0.39 is 5.97 Å². The van der Waals surface area contributed by atoms with Crippen molar-refractivity contribution in [3.05, 3.63) is 83.2 Å². The molecule has 1 N–H and O–H groups in total. The van der Waals surface area contributed by atoms with Crippen molar-refractivity contribution in [3.63, 3.8) is 0 Å². The van der Waals surface area contributed by atoms with Crippen molar-refractivity contribution in [1.82, 2.24) is 4.57 Å². The fraction of sp³-hybridized carbons (Fsp3) is 0.100. The molecule has 3 aromatic rings. The molecule has 1 heterocycles. The van der Waals surface area contributed by atoms with E-state index in [0.717, 1.165) is 22.6 Å². The summed E-state index contributed by atoms with van der Waals surface area (Å²) in [6, 6.07) is 18.8. The molecule has 0 unspecified atom stereocenters. The van der Waals surface area contributed by atoms with Crippen molar-refractivity contribution in [2.24, 2.45) is 4.99 Å². The molecule has 0 saturated carbocycles. The maximum atomic E-state index is 11.0. The van der Waals surface area contributed by atoms with Gasteiger partial charge in [0.25, 0.3) is 0 Å². The van der Waals surface area contributed by atoms with Crippen molar-refractivity contribution >= 4 is 17.9 Å². The number of rotatable bonds is 4. The molecule has 3 rings (SSSR count). The first-order chi connectivity index (χ1) is 11.6. The lowest BCUT2D eigenvalue weighted by Gasteiger charge is -2.08. The number of carboxylic acids is 1. The van der Waals surface area contributed by atoms with Gasteiger partial charge < -0.3 is 9.67 Å². The van der Waals surface area contributed by atoms with Crippen LogP contribution < -0.4 is 0 Å². The molecule has 0 atom stereocenters. The molecule has 0 amide bonds. The van der Waals surface area contributed by atoms with Crippen molar-refractivity contribution in [1.29, 1.82) is 0 Å². The molecule has 2 aromatic carbocycles. The summed E-state index contributed by atoms with van der Waals surface area (Å²) in [5, 5.41) is 9.05. The van der Waals surface area contributed by atoms with Crippen LogP contribution in [-0.2, 0) is 0 Å². The Kier molecular flexibility index (Phi) is 4.29. The first-order valence-corrected chi connectivity index (χ1v) is 7.68. The Morgan fingerprint density at radius 1 is 1.04 bits per heavy atom. The Labute approximate surface area is 140 Å². The summed E-state index contributed by atoms with van der Waals surface area (Å²) < 4.78 is 2.18. The zero-order valence-corrected chi connectivity index (χ0v) is 13.6. The Morgan fingerprint density at radius 2 is 1.79 bits per heavy atom. The number of aryl methyl sites for hydroxylation is 1. The van der Waals surface area contributed by atoms with Gasteiger partial charge in [-0.15, -0.1) is 0 Å². The number of nitrogens with zero attached hydrogens (tertiary/aromatic N) is 2. The fourth-order valence-electron chi connectivity index (χ4n) is 2.76. The summed E-state index contributed by atoms with van der Waals surface area (Å²) >= 11 is 0. The van der Waals surface area contributed by atoms with Gasteiger partial charge in [-0.2, -0.15) is 0 Å². The Bertz CT molecular complexity index is 909. The summed E-state index contributed by atoms with van der Waals surface area (Å²) in [5.74, 6) is -0.950. The third-order valence-corrected chi connectivity index (χ3v) is 3.93. The van der Waals surface area contributed by atoms with Crippen LogP contribution in [0, 0.1) is 13.8 Å². The molecule has 4 nitrogen and oxygen atoms in total. The summed E-state index contributed by atoms with van der Waals surface area (Å²) in [6.45, 7) is 4.11. The number of carboxylic acid groups (broad SMARTS) is 1. The van der Waals surface area contributed by atoms with E-state index in [2.05, 4.69) is 41.6 Å². The lowest BCUT2D eigenvalue weighted by atomic mass is 10.2. The van der Waals surface area contributed by atoms with E-state index in [1.807, 2.05) is 18.2 Å². The molecular weight excluding hydrogens is 300 g/mol. The Hall–Kier alpha value is -3.14. The van der Waals surface area contributed by atoms with Gasteiger partial charge in [-0.1, -0.05) is 24.3 Å². The SMILES string of the molecule is Cc1cc(C=Nc2cccc(C(=O)O)c2)c(C)n1-c1ccccc1. The third kappa shape index (κ3) is 3.13. The fourth-order valence-corrected chi connectivity index (χ4v) is 2.76. The molecule has 0 aliphatic heterocycles. The molecule has 24 heavy (non-hydrogen) atoms. The molecule has 0 bridgehead atoms. The van der Waals surface area contributed by atoms with E-state index >= 15 is 0 Å². The minimum Gasteiger partial charge on any atom is -0.478 e. The van der Waals surface area contributed by atoms with Gasteiger partial charge in [0, 0.05) is 28.9 Å². The predicted octanol–water partition coefficient (Wildman–Crippen LogP) is 4.54. The minimum absolute atomic E-state index is 0.236. The zero-order chi connectivity index (χ0) is 17.1. The highest BCUT2D eigenvalue weighted by Crippen LogP contribution is 2.21. The van der Waals surface area contributed by atoms with Gasteiger partial charge in [-0.3, -0.25) is 4.99 Å². The number of aliphatic imine (C=N–C) groups is 1. The maximum absolute atomic E-state index is 11.0. The molecule has 0 radical (unpaired) electrons. The molecule has 0 fully saturated rings. The number of benzene rings is 2. The predicted molar refractivity (Wildman–Crippen MR) is 95.9 cm³/mol. The van der Waals surface area contributed by atoms with Crippen LogP contribution in [-0.4, -0.2) is 21.9 Å². The Balaban J connectivity index is 1.94. The first-order valence-electron chi connectivity index (χ1n) is 7.68. The van der Waals surface area contributed by atoms with Crippen LogP contribution in [0.2, 0.25) is 0 Å². The highest BCUT2D eigenvalue weighted by Gasteiger charge is 2.09. The van der Waals surface area contributed by atoms with Gasteiger partial charge in [-0.05, 0) is 50.2 Å². The topological polar surface area (TPSA) is 54.6 Å². The van der Waals surface area contributed by atoms with Crippen LogP contribution in [0.25, 0.3) is 5.69 Å². The molecule has 4 heteroatoms. The third-order valence-electron chi connectivity index (χ3n) is 3.93. The lowest BCUT2D eigenvalue weighted by Crippen LogP contribution is -1.99. The average Bonchev–Trinajstić information content (AvgIpc) is 2.88. The normalized spacial score (nSPS) is 11.1. The summed E-state index contributed by atoms with van der Waals surface area (Å²) in [6.07, 6.45) is 1.78. The van der Waals surface area contributed by atoms with Gasteiger partial charge in [0.05, 0.1) is 11.3 Å². The number of carbonyl (C=O) groups is 1. The van der Waals surface area contributed by atoms with Gasteiger partial charge in [0.15, 0.2) is 0 Å². The number of hydrogen-bond donors (Lipinski definition) is 1. The summed E-state index contributed by atoms with van der Waals surface area (Å²) in [4.78, 5) is 15.5. The largest absolute Gasteiger partial charge is 0.478 e. The van der Waals surface area contributed by atoms with Crippen molar-refractivity contribution in [2.75, 3.05) is 0 Å². The minimum atomic E-state index is -0.950. The summed E-state index contributed by atoms with van der Waals surface area (Å²) in [7, 11) is 0. The first kappa shape index (κ1) is 15.7. The second kappa shape index (κ2) is 6.54. The number of para-hydroxylation sites is 1. The smallest absolute Gasteiger partial charge is 0.335 e. The quantitative estimate of drug-likeness (QED) is 0.718. The highest BCUT2D eigenvalue weighted by atomic mass is 16.4.